The van der Waals surface area contributed by atoms with Gasteiger partial charge in [-0.2, -0.15) is 0 Å². The van der Waals surface area contributed by atoms with Crippen LogP contribution in [0.5, 0.6) is 5.88 Å². The second-order valence-corrected chi connectivity index (χ2v) is 4.81. The smallest absolute Gasteiger partial charge is 0.254 e. The molecular weight excluding hydrogens is 242 g/mol. The number of methoxy groups -OCH3 is 1. The summed E-state index contributed by atoms with van der Waals surface area (Å²) in [5.41, 5.74) is 1.28. The van der Waals surface area contributed by atoms with Gasteiger partial charge in [0.2, 0.25) is 0 Å². The Morgan fingerprint density at radius 3 is 2.84 bits per heavy atom. The highest BCUT2D eigenvalue weighted by Gasteiger charge is 2.32. The number of hydrogen-bond donors (Lipinski definition) is 1. The molecule has 1 atom stereocenters. The van der Waals surface area contributed by atoms with Crippen LogP contribution < -0.4 is 10.1 Å². The topological polar surface area (TPSA) is 60.2 Å². The molecule has 0 aliphatic heterocycles. The molecule has 0 bridgehead atoms. The first-order valence-electron chi connectivity index (χ1n) is 6.49. The van der Waals surface area contributed by atoms with Gasteiger partial charge in [0.15, 0.2) is 5.76 Å². The van der Waals surface area contributed by atoms with E-state index < -0.39 is 0 Å². The number of ether oxygens (including phenoxy) is 1. The van der Waals surface area contributed by atoms with Gasteiger partial charge in [-0.25, -0.2) is 0 Å². The number of nitrogens with zero attached hydrogens (tertiary/aromatic N) is 2. The molecule has 0 radical (unpaired) electrons. The fraction of sp³-hybridized carbons (Fsp3) is 0.429. The van der Waals surface area contributed by atoms with E-state index in [0.717, 1.165) is 5.76 Å². The van der Waals surface area contributed by atoms with E-state index in [1.807, 2.05) is 18.5 Å². The highest BCUT2D eigenvalue weighted by atomic mass is 16.5. The third kappa shape index (κ3) is 2.93. The lowest BCUT2D eigenvalue weighted by molar-refractivity contribution is 0.318. The maximum atomic E-state index is 5.19. The van der Waals surface area contributed by atoms with Gasteiger partial charge in [-0.05, 0) is 41.6 Å². The highest BCUT2D eigenvalue weighted by molar-refractivity contribution is 5.18. The lowest BCUT2D eigenvalue weighted by Crippen LogP contribution is -2.22. The first-order chi connectivity index (χ1) is 9.36. The number of rotatable bonds is 6. The molecule has 19 heavy (non-hydrogen) atoms. The van der Waals surface area contributed by atoms with Crippen LogP contribution in [0, 0.1) is 5.92 Å². The van der Waals surface area contributed by atoms with Crippen molar-refractivity contribution in [2.24, 2.45) is 5.92 Å². The van der Waals surface area contributed by atoms with Gasteiger partial charge in [0.25, 0.3) is 5.88 Å². The zero-order valence-electron chi connectivity index (χ0n) is 10.9. The van der Waals surface area contributed by atoms with Gasteiger partial charge in [-0.3, -0.25) is 4.98 Å². The first-order valence-corrected chi connectivity index (χ1v) is 6.49. The van der Waals surface area contributed by atoms with Crippen molar-refractivity contribution in [2.45, 2.75) is 25.4 Å². The molecule has 1 aliphatic carbocycles. The monoisotopic (exact) mass is 259 g/mol. The summed E-state index contributed by atoms with van der Waals surface area (Å²) in [6.45, 7) is 0.653. The molecular formula is C14H17N3O2. The van der Waals surface area contributed by atoms with Crippen LogP contribution in [-0.2, 0) is 6.54 Å². The summed E-state index contributed by atoms with van der Waals surface area (Å²) in [4.78, 5) is 4.07. The van der Waals surface area contributed by atoms with Gasteiger partial charge in [0.1, 0.15) is 0 Å². The SMILES string of the molecule is COc1cc(CNC(c2ccncc2)C2CC2)on1. The van der Waals surface area contributed by atoms with Crippen LogP contribution in [0.4, 0.5) is 0 Å². The van der Waals surface area contributed by atoms with Crippen molar-refractivity contribution in [1.29, 1.82) is 0 Å². The molecule has 0 amide bonds. The van der Waals surface area contributed by atoms with Crippen molar-refractivity contribution in [1.82, 2.24) is 15.5 Å². The Kier molecular flexibility index (Phi) is 3.46. The number of nitrogens with one attached hydrogen (secondary N) is 1. The maximum Gasteiger partial charge on any atom is 0.254 e. The maximum absolute atomic E-state index is 5.19. The van der Waals surface area contributed by atoms with E-state index in [4.69, 9.17) is 9.26 Å². The molecule has 0 aromatic carbocycles. The van der Waals surface area contributed by atoms with Gasteiger partial charge < -0.3 is 14.6 Å². The van der Waals surface area contributed by atoms with Crippen molar-refractivity contribution in [3.05, 3.63) is 41.9 Å². The van der Waals surface area contributed by atoms with Gasteiger partial charge in [-0.1, -0.05) is 0 Å². The summed E-state index contributed by atoms with van der Waals surface area (Å²) < 4.78 is 10.2. The lowest BCUT2D eigenvalue weighted by atomic mass is 10.0. The average molecular weight is 259 g/mol. The fourth-order valence-electron chi connectivity index (χ4n) is 2.24. The van der Waals surface area contributed by atoms with Crippen LogP contribution in [0.1, 0.15) is 30.2 Å². The van der Waals surface area contributed by atoms with Crippen molar-refractivity contribution in [3.8, 4) is 5.88 Å². The zero-order valence-corrected chi connectivity index (χ0v) is 10.9. The Balaban J connectivity index is 1.65. The molecule has 5 heteroatoms. The molecule has 0 saturated heterocycles. The largest absolute Gasteiger partial charge is 0.479 e. The van der Waals surface area contributed by atoms with E-state index in [-0.39, 0.29) is 0 Å². The second kappa shape index (κ2) is 5.40. The molecule has 100 valence electrons. The third-order valence-electron chi connectivity index (χ3n) is 3.40. The molecule has 3 rings (SSSR count). The molecule has 2 heterocycles. The summed E-state index contributed by atoms with van der Waals surface area (Å²) in [5, 5.41) is 7.33. The Bertz CT molecular complexity index is 522. The van der Waals surface area contributed by atoms with Crippen LogP contribution >= 0.6 is 0 Å². The number of pyridine rings is 1. The van der Waals surface area contributed by atoms with E-state index in [1.165, 1.54) is 18.4 Å². The van der Waals surface area contributed by atoms with Crippen molar-refractivity contribution in [3.63, 3.8) is 0 Å². The Morgan fingerprint density at radius 1 is 1.42 bits per heavy atom. The van der Waals surface area contributed by atoms with Crippen LogP contribution in [0.2, 0.25) is 0 Å². The molecule has 1 fully saturated rings. The minimum Gasteiger partial charge on any atom is -0.479 e. The molecule has 5 nitrogen and oxygen atoms in total. The molecule has 1 unspecified atom stereocenters. The Morgan fingerprint density at radius 2 is 2.21 bits per heavy atom. The van der Waals surface area contributed by atoms with E-state index >= 15 is 0 Å². The van der Waals surface area contributed by atoms with Crippen LogP contribution in [-0.4, -0.2) is 17.3 Å². The van der Waals surface area contributed by atoms with Crippen molar-refractivity contribution >= 4 is 0 Å². The lowest BCUT2D eigenvalue weighted by Gasteiger charge is -2.17. The van der Waals surface area contributed by atoms with Crippen molar-refractivity contribution < 1.29 is 9.26 Å². The van der Waals surface area contributed by atoms with Gasteiger partial charge in [0.05, 0.1) is 13.7 Å². The summed E-state index contributed by atoms with van der Waals surface area (Å²) in [6, 6.07) is 6.30. The molecule has 1 aliphatic rings. The Labute approximate surface area is 112 Å². The standard InChI is InChI=1S/C14H17N3O2/c1-18-13-8-12(19-17-13)9-16-14(10-2-3-10)11-4-6-15-7-5-11/h4-8,10,14,16H,2-3,9H2,1H3. The second-order valence-electron chi connectivity index (χ2n) is 4.81. The summed E-state index contributed by atoms with van der Waals surface area (Å²) in [7, 11) is 1.58. The molecule has 2 aromatic rings. The first kappa shape index (κ1) is 12.2. The van der Waals surface area contributed by atoms with Crippen LogP contribution in [0.3, 0.4) is 0 Å². The molecule has 1 N–H and O–H groups in total. The third-order valence-corrected chi connectivity index (χ3v) is 3.40. The average Bonchev–Trinajstić information content (AvgIpc) is 3.18. The van der Waals surface area contributed by atoms with Gasteiger partial charge >= 0.3 is 0 Å². The van der Waals surface area contributed by atoms with E-state index in [0.29, 0.717) is 24.4 Å². The predicted molar refractivity (Wildman–Crippen MR) is 69.6 cm³/mol. The summed E-state index contributed by atoms with van der Waals surface area (Å²) in [5.74, 6) is 2.02. The van der Waals surface area contributed by atoms with E-state index in [9.17, 15) is 0 Å². The molecule has 0 spiro atoms. The van der Waals surface area contributed by atoms with E-state index in [1.54, 1.807) is 7.11 Å². The Hall–Kier alpha value is -1.88. The molecule has 2 aromatic heterocycles. The van der Waals surface area contributed by atoms with Gasteiger partial charge in [-0.15, -0.1) is 0 Å². The normalized spacial score (nSPS) is 16.3. The predicted octanol–water partition coefficient (Wildman–Crippen LogP) is 2.32. The van der Waals surface area contributed by atoms with Crippen molar-refractivity contribution in [2.75, 3.05) is 7.11 Å². The summed E-state index contributed by atoms with van der Waals surface area (Å²) >= 11 is 0. The minimum absolute atomic E-state index is 0.360. The number of hydrogen-bond acceptors (Lipinski definition) is 5. The fourth-order valence-corrected chi connectivity index (χ4v) is 2.24. The van der Waals surface area contributed by atoms with E-state index in [2.05, 4.69) is 27.6 Å². The van der Waals surface area contributed by atoms with Crippen LogP contribution in [0.25, 0.3) is 0 Å². The minimum atomic E-state index is 0.360. The van der Waals surface area contributed by atoms with Gasteiger partial charge in [0, 0.05) is 24.5 Å². The summed E-state index contributed by atoms with van der Waals surface area (Å²) in [6.07, 6.45) is 6.23. The number of aromatic nitrogens is 2. The quantitative estimate of drug-likeness (QED) is 0.862. The zero-order chi connectivity index (χ0) is 13.1. The highest BCUT2D eigenvalue weighted by Crippen LogP contribution is 2.41. The van der Waals surface area contributed by atoms with Crippen LogP contribution in [0.15, 0.2) is 35.1 Å². The molecule has 1 saturated carbocycles.